The molecule has 106 valence electrons. The average molecular weight is 252 g/mol. The lowest BCUT2D eigenvalue weighted by Crippen LogP contribution is -2.48. The Morgan fingerprint density at radius 3 is 2.50 bits per heavy atom. The van der Waals surface area contributed by atoms with Crippen LogP contribution in [0.25, 0.3) is 0 Å². The van der Waals surface area contributed by atoms with Gasteiger partial charge in [-0.15, -0.1) is 0 Å². The van der Waals surface area contributed by atoms with Gasteiger partial charge in [-0.05, 0) is 46.0 Å². The van der Waals surface area contributed by atoms with Gasteiger partial charge in [-0.1, -0.05) is 26.2 Å². The van der Waals surface area contributed by atoms with Gasteiger partial charge in [0, 0.05) is 30.7 Å². The summed E-state index contributed by atoms with van der Waals surface area (Å²) in [6.45, 7) is 8.36. The highest BCUT2D eigenvalue weighted by Gasteiger charge is 2.32. The van der Waals surface area contributed by atoms with Crippen LogP contribution in [0, 0.1) is 0 Å². The van der Waals surface area contributed by atoms with Crippen molar-refractivity contribution in [3.63, 3.8) is 0 Å². The zero-order valence-corrected chi connectivity index (χ0v) is 12.6. The summed E-state index contributed by atoms with van der Waals surface area (Å²) in [5.74, 6) is 0. The van der Waals surface area contributed by atoms with Gasteiger partial charge in [0.1, 0.15) is 0 Å². The Bertz CT molecular complexity index is 235. The summed E-state index contributed by atoms with van der Waals surface area (Å²) < 4.78 is 0. The molecule has 1 N–H and O–H groups in total. The monoisotopic (exact) mass is 252 g/mol. The lowest BCUT2D eigenvalue weighted by molar-refractivity contribution is 0.137. The molecule has 0 radical (unpaired) electrons. The van der Waals surface area contributed by atoms with E-state index in [1.54, 1.807) is 0 Å². The van der Waals surface area contributed by atoms with Gasteiger partial charge in [0.05, 0.1) is 0 Å². The van der Waals surface area contributed by atoms with Crippen LogP contribution in [0.1, 0.15) is 72.1 Å². The van der Waals surface area contributed by atoms with Crippen molar-refractivity contribution in [2.45, 2.75) is 96.3 Å². The molecule has 0 bridgehead atoms. The van der Waals surface area contributed by atoms with E-state index in [9.17, 15) is 0 Å². The maximum Gasteiger partial charge on any atom is 0.0198 e. The smallest absolute Gasteiger partial charge is 0.0198 e. The normalized spacial score (nSPS) is 32.8. The molecule has 1 saturated heterocycles. The minimum atomic E-state index is 0.703. The molecule has 2 heteroatoms. The molecular weight excluding hydrogens is 220 g/mol. The van der Waals surface area contributed by atoms with Crippen LogP contribution in [0.15, 0.2) is 0 Å². The Labute approximate surface area is 114 Å². The van der Waals surface area contributed by atoms with Crippen molar-refractivity contribution in [1.82, 2.24) is 10.2 Å². The zero-order chi connectivity index (χ0) is 13.0. The fourth-order valence-electron chi connectivity index (χ4n) is 4.05. The number of rotatable bonds is 5. The predicted octanol–water partition coefficient (Wildman–Crippen LogP) is 3.56. The minimum absolute atomic E-state index is 0.703. The Morgan fingerprint density at radius 2 is 1.83 bits per heavy atom. The summed E-state index contributed by atoms with van der Waals surface area (Å²) in [5, 5.41) is 3.82. The molecular formula is C16H32N2. The van der Waals surface area contributed by atoms with Gasteiger partial charge in [-0.2, -0.15) is 0 Å². The van der Waals surface area contributed by atoms with E-state index in [0.29, 0.717) is 6.04 Å². The summed E-state index contributed by atoms with van der Waals surface area (Å²) in [6.07, 6.45) is 11.2. The molecule has 0 aromatic heterocycles. The first-order valence-corrected chi connectivity index (χ1v) is 8.23. The van der Waals surface area contributed by atoms with Gasteiger partial charge in [0.15, 0.2) is 0 Å². The van der Waals surface area contributed by atoms with Crippen molar-refractivity contribution in [3.8, 4) is 0 Å². The van der Waals surface area contributed by atoms with Crippen LogP contribution in [0.3, 0.4) is 0 Å². The second-order valence-electron chi connectivity index (χ2n) is 6.53. The summed E-state index contributed by atoms with van der Waals surface area (Å²) >= 11 is 0. The zero-order valence-electron chi connectivity index (χ0n) is 12.6. The number of nitrogens with one attached hydrogen (secondary N) is 1. The lowest BCUT2D eigenvalue weighted by Gasteiger charge is -2.35. The van der Waals surface area contributed by atoms with Gasteiger partial charge in [-0.3, -0.25) is 4.90 Å². The van der Waals surface area contributed by atoms with Crippen molar-refractivity contribution < 1.29 is 0 Å². The van der Waals surface area contributed by atoms with E-state index in [2.05, 4.69) is 31.0 Å². The van der Waals surface area contributed by atoms with Gasteiger partial charge in [0.2, 0.25) is 0 Å². The van der Waals surface area contributed by atoms with Gasteiger partial charge in [0.25, 0.3) is 0 Å². The van der Waals surface area contributed by atoms with Crippen molar-refractivity contribution in [2.24, 2.45) is 0 Å². The first-order chi connectivity index (χ1) is 8.72. The van der Waals surface area contributed by atoms with Crippen molar-refractivity contribution in [2.75, 3.05) is 6.54 Å². The molecule has 0 aromatic carbocycles. The van der Waals surface area contributed by atoms with E-state index >= 15 is 0 Å². The molecule has 1 aliphatic heterocycles. The van der Waals surface area contributed by atoms with E-state index in [0.717, 1.165) is 18.1 Å². The maximum absolute atomic E-state index is 3.82. The third-order valence-electron chi connectivity index (χ3n) is 5.14. The molecule has 2 aliphatic rings. The van der Waals surface area contributed by atoms with Crippen LogP contribution >= 0.6 is 0 Å². The molecule has 2 nitrogen and oxygen atoms in total. The number of hydrogen-bond donors (Lipinski definition) is 1. The maximum atomic E-state index is 3.82. The summed E-state index contributed by atoms with van der Waals surface area (Å²) in [7, 11) is 0. The third kappa shape index (κ3) is 3.48. The molecule has 2 fully saturated rings. The molecule has 0 spiro atoms. The standard InChI is InChI=1S/C16H32N2/c1-4-16-11-10-13(2)18(16)14(3)12-17-15-8-6-5-7-9-15/h13-17H,4-12H2,1-3H3. The highest BCUT2D eigenvalue weighted by molar-refractivity contribution is 4.89. The number of likely N-dealkylation sites (tertiary alicyclic amines) is 1. The Morgan fingerprint density at radius 1 is 1.11 bits per heavy atom. The Kier molecular flexibility index (Phi) is 5.50. The lowest BCUT2D eigenvalue weighted by atomic mass is 9.95. The van der Waals surface area contributed by atoms with E-state index in [1.165, 1.54) is 57.9 Å². The molecule has 2 rings (SSSR count). The largest absolute Gasteiger partial charge is 0.312 e. The Balaban J connectivity index is 1.77. The second kappa shape index (κ2) is 6.91. The molecule has 1 saturated carbocycles. The molecule has 1 aliphatic carbocycles. The predicted molar refractivity (Wildman–Crippen MR) is 79.0 cm³/mol. The highest BCUT2D eigenvalue weighted by Crippen LogP contribution is 2.28. The van der Waals surface area contributed by atoms with E-state index in [4.69, 9.17) is 0 Å². The van der Waals surface area contributed by atoms with E-state index in [1.807, 2.05) is 0 Å². The summed E-state index contributed by atoms with van der Waals surface area (Å²) in [5.41, 5.74) is 0. The fraction of sp³-hybridized carbons (Fsp3) is 1.00. The average Bonchev–Trinajstić information content (AvgIpc) is 2.78. The molecule has 18 heavy (non-hydrogen) atoms. The molecule has 3 unspecified atom stereocenters. The quantitative estimate of drug-likeness (QED) is 0.805. The fourth-order valence-corrected chi connectivity index (χ4v) is 4.05. The number of hydrogen-bond acceptors (Lipinski definition) is 2. The molecule has 3 atom stereocenters. The van der Waals surface area contributed by atoms with Crippen LogP contribution in [0.5, 0.6) is 0 Å². The van der Waals surface area contributed by atoms with E-state index in [-0.39, 0.29) is 0 Å². The molecule has 0 aromatic rings. The third-order valence-corrected chi connectivity index (χ3v) is 5.14. The SMILES string of the molecule is CCC1CCC(C)N1C(C)CNC1CCCCC1. The van der Waals surface area contributed by atoms with Crippen molar-refractivity contribution >= 4 is 0 Å². The van der Waals surface area contributed by atoms with E-state index < -0.39 is 0 Å². The second-order valence-corrected chi connectivity index (χ2v) is 6.53. The van der Waals surface area contributed by atoms with Crippen LogP contribution in [0.2, 0.25) is 0 Å². The topological polar surface area (TPSA) is 15.3 Å². The molecule has 0 amide bonds. The highest BCUT2D eigenvalue weighted by atomic mass is 15.2. The minimum Gasteiger partial charge on any atom is -0.312 e. The first kappa shape index (κ1) is 14.3. The summed E-state index contributed by atoms with van der Waals surface area (Å²) in [4.78, 5) is 2.77. The van der Waals surface area contributed by atoms with Crippen LogP contribution in [-0.4, -0.2) is 35.6 Å². The Hall–Kier alpha value is -0.0800. The first-order valence-electron chi connectivity index (χ1n) is 8.23. The summed E-state index contributed by atoms with van der Waals surface area (Å²) in [6, 6.07) is 3.13. The molecule has 1 heterocycles. The van der Waals surface area contributed by atoms with Crippen LogP contribution < -0.4 is 5.32 Å². The van der Waals surface area contributed by atoms with Crippen LogP contribution in [0.4, 0.5) is 0 Å². The van der Waals surface area contributed by atoms with Crippen LogP contribution in [-0.2, 0) is 0 Å². The van der Waals surface area contributed by atoms with Crippen molar-refractivity contribution in [1.29, 1.82) is 0 Å². The van der Waals surface area contributed by atoms with Gasteiger partial charge < -0.3 is 5.32 Å². The van der Waals surface area contributed by atoms with Gasteiger partial charge >= 0.3 is 0 Å². The van der Waals surface area contributed by atoms with Crippen molar-refractivity contribution in [3.05, 3.63) is 0 Å². The number of nitrogens with zero attached hydrogens (tertiary/aromatic N) is 1. The van der Waals surface area contributed by atoms with Gasteiger partial charge in [-0.25, -0.2) is 0 Å².